The summed E-state index contributed by atoms with van der Waals surface area (Å²) < 4.78 is 34.8. The summed E-state index contributed by atoms with van der Waals surface area (Å²) >= 11 is 3.22. The number of halogens is 1. The van der Waals surface area contributed by atoms with E-state index in [0.29, 0.717) is 36.4 Å². The van der Waals surface area contributed by atoms with Crippen LogP contribution in [0.15, 0.2) is 27.6 Å². The highest BCUT2D eigenvalue weighted by atomic mass is 79.9. The molecule has 0 aliphatic carbocycles. The second kappa shape index (κ2) is 7.84. The molecule has 2 N–H and O–H groups in total. The Morgan fingerprint density at radius 2 is 2.00 bits per heavy atom. The third-order valence-electron chi connectivity index (χ3n) is 2.42. The second-order valence-electron chi connectivity index (χ2n) is 3.97. The smallest absolute Gasteiger partial charge is 0.179 e. The van der Waals surface area contributed by atoms with Gasteiger partial charge in [-0.25, -0.2) is 8.42 Å². The zero-order valence-electron chi connectivity index (χ0n) is 10.8. The Labute approximate surface area is 122 Å². The van der Waals surface area contributed by atoms with Gasteiger partial charge in [0.2, 0.25) is 0 Å². The van der Waals surface area contributed by atoms with Crippen molar-refractivity contribution in [1.82, 2.24) is 0 Å². The fourth-order valence-electron chi connectivity index (χ4n) is 1.47. The molecule has 0 saturated carbocycles. The van der Waals surface area contributed by atoms with Crippen LogP contribution in [-0.2, 0) is 19.3 Å². The maximum Gasteiger partial charge on any atom is 0.179 e. The Hall–Kier alpha value is -0.630. The van der Waals surface area contributed by atoms with E-state index < -0.39 is 9.84 Å². The van der Waals surface area contributed by atoms with Crippen molar-refractivity contribution in [2.24, 2.45) is 0 Å². The monoisotopic (exact) mass is 351 g/mol. The molecule has 0 aliphatic rings. The third-order valence-corrected chi connectivity index (χ3v) is 5.20. The zero-order valence-corrected chi connectivity index (χ0v) is 13.2. The van der Waals surface area contributed by atoms with Crippen LogP contribution >= 0.6 is 15.9 Å². The summed E-state index contributed by atoms with van der Waals surface area (Å²) in [5.41, 5.74) is 6.10. The molecule has 0 aliphatic heterocycles. The van der Waals surface area contributed by atoms with Crippen molar-refractivity contribution in [2.75, 3.05) is 38.4 Å². The van der Waals surface area contributed by atoms with Gasteiger partial charge in [-0.3, -0.25) is 0 Å². The number of rotatable bonds is 8. The first-order chi connectivity index (χ1) is 8.97. The number of nitrogens with two attached hydrogens (primary N) is 1. The van der Waals surface area contributed by atoms with Crippen molar-refractivity contribution < 1.29 is 17.9 Å². The minimum Gasteiger partial charge on any atom is -0.399 e. The summed E-state index contributed by atoms with van der Waals surface area (Å²) in [6, 6.07) is 4.68. The molecule has 1 aromatic rings. The molecule has 1 rings (SSSR count). The lowest BCUT2D eigenvalue weighted by Gasteiger charge is -2.08. The van der Waals surface area contributed by atoms with Gasteiger partial charge < -0.3 is 15.2 Å². The Morgan fingerprint density at radius 3 is 2.63 bits per heavy atom. The van der Waals surface area contributed by atoms with Gasteiger partial charge in [-0.05, 0) is 40.5 Å². The van der Waals surface area contributed by atoms with E-state index in [4.69, 9.17) is 15.2 Å². The van der Waals surface area contributed by atoms with Gasteiger partial charge in [0.1, 0.15) is 0 Å². The Kier molecular flexibility index (Phi) is 6.78. The summed E-state index contributed by atoms with van der Waals surface area (Å²) in [6.45, 7) is 1.38. The van der Waals surface area contributed by atoms with E-state index in [1.165, 1.54) is 6.07 Å². The van der Waals surface area contributed by atoms with Crippen LogP contribution in [0.3, 0.4) is 0 Å². The molecule has 0 spiro atoms. The molecular weight excluding hydrogens is 334 g/mol. The lowest BCUT2D eigenvalue weighted by Crippen LogP contribution is -2.11. The van der Waals surface area contributed by atoms with Gasteiger partial charge in [0, 0.05) is 23.9 Å². The molecule has 5 nitrogen and oxygen atoms in total. The van der Waals surface area contributed by atoms with Crippen molar-refractivity contribution in [3.63, 3.8) is 0 Å². The number of methoxy groups -OCH3 is 1. The number of nitrogen functional groups attached to an aromatic ring is 1. The normalized spacial score (nSPS) is 11.7. The number of ether oxygens (including phenoxy) is 2. The fourth-order valence-corrected chi connectivity index (χ4v) is 3.96. The Morgan fingerprint density at radius 1 is 1.26 bits per heavy atom. The van der Waals surface area contributed by atoms with Crippen LogP contribution in [-0.4, -0.2) is 41.1 Å². The van der Waals surface area contributed by atoms with Crippen molar-refractivity contribution >= 4 is 31.5 Å². The second-order valence-corrected chi connectivity index (χ2v) is 6.90. The highest BCUT2D eigenvalue weighted by Crippen LogP contribution is 2.25. The van der Waals surface area contributed by atoms with Crippen molar-refractivity contribution in [2.45, 2.75) is 11.3 Å². The molecule has 0 saturated heterocycles. The third kappa shape index (κ3) is 5.48. The van der Waals surface area contributed by atoms with Crippen LogP contribution in [0.4, 0.5) is 5.69 Å². The van der Waals surface area contributed by atoms with E-state index in [2.05, 4.69) is 15.9 Å². The first kappa shape index (κ1) is 16.4. The molecule has 0 unspecified atom stereocenters. The first-order valence-corrected chi connectivity index (χ1v) is 8.26. The largest absolute Gasteiger partial charge is 0.399 e. The topological polar surface area (TPSA) is 78.6 Å². The highest BCUT2D eigenvalue weighted by molar-refractivity contribution is 9.10. The molecule has 0 radical (unpaired) electrons. The van der Waals surface area contributed by atoms with Crippen molar-refractivity contribution in [3.05, 3.63) is 22.7 Å². The maximum atomic E-state index is 12.1. The van der Waals surface area contributed by atoms with Crippen LogP contribution < -0.4 is 5.73 Å². The summed E-state index contributed by atoms with van der Waals surface area (Å²) in [5.74, 6) is 0.0441. The zero-order chi connectivity index (χ0) is 14.3. The van der Waals surface area contributed by atoms with E-state index in [0.717, 1.165) is 0 Å². The number of sulfone groups is 1. The number of anilines is 1. The molecule has 0 bridgehead atoms. The fraction of sp³-hybridized carbons (Fsp3) is 0.500. The lowest BCUT2D eigenvalue weighted by molar-refractivity contribution is 0.0712. The average Bonchev–Trinajstić information content (AvgIpc) is 2.33. The van der Waals surface area contributed by atoms with E-state index in [9.17, 15) is 8.42 Å². The maximum absolute atomic E-state index is 12.1. The average molecular weight is 352 g/mol. The van der Waals surface area contributed by atoms with Gasteiger partial charge in [-0.2, -0.15) is 0 Å². The molecule has 0 amide bonds. The van der Waals surface area contributed by atoms with E-state index in [1.807, 2.05) is 0 Å². The lowest BCUT2D eigenvalue weighted by atomic mass is 10.3. The highest BCUT2D eigenvalue weighted by Gasteiger charge is 2.17. The Bertz CT molecular complexity index is 504. The van der Waals surface area contributed by atoms with Crippen LogP contribution in [0.5, 0.6) is 0 Å². The molecule has 7 heteroatoms. The van der Waals surface area contributed by atoms with Crippen LogP contribution in [0.1, 0.15) is 6.42 Å². The summed E-state index contributed by atoms with van der Waals surface area (Å²) in [7, 11) is -1.72. The summed E-state index contributed by atoms with van der Waals surface area (Å²) in [5, 5.41) is 0. The van der Waals surface area contributed by atoms with Crippen molar-refractivity contribution in [1.29, 1.82) is 0 Å². The van der Waals surface area contributed by atoms with E-state index in [1.54, 1.807) is 19.2 Å². The Balaban J connectivity index is 2.52. The summed E-state index contributed by atoms with van der Waals surface area (Å²) in [6.07, 6.45) is 0.447. The molecule has 0 heterocycles. The van der Waals surface area contributed by atoms with Crippen LogP contribution in [0, 0.1) is 0 Å². The quantitative estimate of drug-likeness (QED) is 0.571. The molecule has 108 valence electrons. The van der Waals surface area contributed by atoms with Gasteiger partial charge >= 0.3 is 0 Å². The van der Waals surface area contributed by atoms with Gasteiger partial charge in [0.25, 0.3) is 0 Å². The van der Waals surface area contributed by atoms with Gasteiger partial charge in [0.15, 0.2) is 9.84 Å². The standard InChI is InChI=1S/C12H18BrNO4S/c1-17-6-7-18-5-2-8-19(15,16)12-4-3-10(14)9-11(12)13/h3-4,9H,2,5-8,14H2,1H3. The molecule has 0 fully saturated rings. The SMILES string of the molecule is COCCOCCCS(=O)(=O)c1ccc(N)cc1Br. The van der Waals surface area contributed by atoms with Gasteiger partial charge in [0.05, 0.1) is 23.9 Å². The molecular formula is C12H18BrNO4S. The first-order valence-electron chi connectivity index (χ1n) is 5.82. The molecule has 1 aromatic carbocycles. The van der Waals surface area contributed by atoms with Crippen LogP contribution in [0.25, 0.3) is 0 Å². The molecule has 19 heavy (non-hydrogen) atoms. The van der Waals surface area contributed by atoms with E-state index >= 15 is 0 Å². The van der Waals surface area contributed by atoms with Crippen molar-refractivity contribution in [3.8, 4) is 0 Å². The minimum atomic E-state index is -3.31. The van der Waals surface area contributed by atoms with E-state index in [-0.39, 0.29) is 10.6 Å². The predicted octanol–water partition coefficient (Wildman–Crippen LogP) is 1.86. The number of hydrogen-bond acceptors (Lipinski definition) is 5. The minimum absolute atomic E-state index is 0.0441. The predicted molar refractivity (Wildman–Crippen MR) is 77.9 cm³/mol. The van der Waals surface area contributed by atoms with Gasteiger partial charge in [-0.1, -0.05) is 0 Å². The molecule has 0 atom stereocenters. The summed E-state index contributed by atoms with van der Waals surface area (Å²) in [4.78, 5) is 0.263. The van der Waals surface area contributed by atoms with Gasteiger partial charge in [-0.15, -0.1) is 0 Å². The number of hydrogen-bond donors (Lipinski definition) is 1. The number of benzene rings is 1. The molecule has 0 aromatic heterocycles. The van der Waals surface area contributed by atoms with Crippen LogP contribution in [0.2, 0.25) is 0 Å².